The fourth-order valence-electron chi connectivity index (χ4n) is 2.86. The number of amides is 2. The van der Waals surface area contributed by atoms with Gasteiger partial charge in [-0.3, -0.25) is 9.59 Å². The van der Waals surface area contributed by atoms with E-state index < -0.39 is 0 Å². The second-order valence-corrected chi connectivity index (χ2v) is 6.40. The molecule has 2 aromatic heterocycles. The van der Waals surface area contributed by atoms with Crippen LogP contribution in [0.3, 0.4) is 0 Å². The van der Waals surface area contributed by atoms with Crippen LogP contribution in [0.2, 0.25) is 0 Å². The fourth-order valence-corrected chi connectivity index (χ4v) is 3.17. The first kappa shape index (κ1) is 15.7. The molecule has 3 aromatic rings. The number of fused-ring (bicyclic) bond motifs is 1. The van der Waals surface area contributed by atoms with Gasteiger partial charge in [0.25, 0.3) is 11.8 Å². The molecule has 0 unspecified atom stereocenters. The number of hydrogen-bond donors (Lipinski definition) is 1. The number of benzene rings is 1. The summed E-state index contributed by atoms with van der Waals surface area (Å²) >= 11 is 3.17. The lowest BCUT2D eigenvalue weighted by molar-refractivity contribution is 0.0983. The van der Waals surface area contributed by atoms with Crippen molar-refractivity contribution in [3.63, 3.8) is 0 Å². The molecule has 0 atom stereocenters. The highest BCUT2D eigenvalue weighted by atomic mass is 79.9. The summed E-state index contributed by atoms with van der Waals surface area (Å²) in [5.74, 6) is -0.191. The molecule has 126 valence electrons. The lowest BCUT2D eigenvalue weighted by Crippen LogP contribution is -2.28. The van der Waals surface area contributed by atoms with Gasteiger partial charge in [0.05, 0.1) is 11.8 Å². The van der Waals surface area contributed by atoms with Crippen LogP contribution in [0.1, 0.15) is 26.5 Å². The summed E-state index contributed by atoms with van der Waals surface area (Å²) in [5.41, 5.74) is 3.04. The smallest absolute Gasteiger partial charge is 0.291 e. The van der Waals surface area contributed by atoms with Crippen LogP contribution in [0.4, 0.5) is 11.4 Å². The van der Waals surface area contributed by atoms with Gasteiger partial charge in [0.1, 0.15) is 6.26 Å². The summed E-state index contributed by atoms with van der Waals surface area (Å²) in [6, 6.07) is 10.4. The predicted octanol–water partition coefficient (Wildman–Crippen LogP) is 4.09. The van der Waals surface area contributed by atoms with Crippen LogP contribution in [0.15, 0.2) is 62.4 Å². The van der Waals surface area contributed by atoms with Crippen molar-refractivity contribution in [1.29, 1.82) is 0 Å². The fraction of sp³-hybridized carbons (Fsp3) is 0.111. The number of furan rings is 2. The van der Waals surface area contributed by atoms with E-state index in [4.69, 9.17) is 8.83 Å². The van der Waals surface area contributed by atoms with Gasteiger partial charge in [-0.25, -0.2) is 0 Å². The Morgan fingerprint density at radius 3 is 2.76 bits per heavy atom. The standard InChI is InChI=1S/C18H13BrN2O4/c19-16-4-3-15(25-16)17(22)20-13-1-2-14-11(9-13)5-7-21(14)18(23)12-6-8-24-10-12/h1-4,6,8-10H,5,7H2,(H,20,22). The molecule has 25 heavy (non-hydrogen) atoms. The van der Waals surface area contributed by atoms with Crippen LogP contribution in [0, 0.1) is 0 Å². The van der Waals surface area contributed by atoms with Crippen molar-refractivity contribution in [2.24, 2.45) is 0 Å². The van der Waals surface area contributed by atoms with Gasteiger partial charge in [-0.15, -0.1) is 0 Å². The second kappa shape index (κ2) is 6.25. The van der Waals surface area contributed by atoms with Crippen molar-refractivity contribution in [2.75, 3.05) is 16.8 Å². The lowest BCUT2D eigenvalue weighted by atomic mass is 10.1. The van der Waals surface area contributed by atoms with Gasteiger partial charge in [0.2, 0.25) is 0 Å². The maximum Gasteiger partial charge on any atom is 0.291 e. The van der Waals surface area contributed by atoms with Crippen LogP contribution in [0.5, 0.6) is 0 Å². The van der Waals surface area contributed by atoms with E-state index in [1.807, 2.05) is 12.1 Å². The molecular formula is C18H13BrN2O4. The number of hydrogen-bond acceptors (Lipinski definition) is 4. The summed E-state index contributed by atoms with van der Waals surface area (Å²) in [6.07, 6.45) is 3.65. The van der Waals surface area contributed by atoms with Crippen molar-refractivity contribution in [3.05, 3.63) is 70.5 Å². The number of carbonyl (C=O) groups excluding carboxylic acids is 2. The van der Waals surface area contributed by atoms with Crippen LogP contribution >= 0.6 is 15.9 Å². The Labute approximate surface area is 151 Å². The summed E-state index contributed by atoms with van der Waals surface area (Å²) in [6.45, 7) is 0.599. The predicted molar refractivity (Wildman–Crippen MR) is 94.9 cm³/mol. The Kier molecular flexibility index (Phi) is 3.93. The number of halogens is 1. The van der Waals surface area contributed by atoms with Crippen molar-refractivity contribution in [3.8, 4) is 0 Å². The van der Waals surface area contributed by atoms with Crippen LogP contribution in [0.25, 0.3) is 0 Å². The third-order valence-electron chi connectivity index (χ3n) is 4.04. The molecule has 0 aliphatic carbocycles. The van der Waals surface area contributed by atoms with E-state index in [1.165, 1.54) is 12.5 Å². The summed E-state index contributed by atoms with van der Waals surface area (Å²) in [7, 11) is 0. The van der Waals surface area contributed by atoms with Gasteiger partial charge in [-0.2, -0.15) is 0 Å². The monoisotopic (exact) mass is 400 g/mol. The van der Waals surface area contributed by atoms with E-state index >= 15 is 0 Å². The quantitative estimate of drug-likeness (QED) is 0.718. The SMILES string of the molecule is O=C(Nc1ccc2c(c1)CCN2C(=O)c1ccoc1)c1ccc(Br)o1. The van der Waals surface area contributed by atoms with Crippen LogP contribution < -0.4 is 10.2 Å². The summed E-state index contributed by atoms with van der Waals surface area (Å²) < 4.78 is 10.7. The topological polar surface area (TPSA) is 75.7 Å². The average molecular weight is 401 g/mol. The maximum atomic E-state index is 12.5. The second-order valence-electron chi connectivity index (χ2n) is 5.62. The first-order valence-corrected chi connectivity index (χ1v) is 8.45. The third-order valence-corrected chi connectivity index (χ3v) is 4.47. The zero-order valence-electron chi connectivity index (χ0n) is 13.0. The minimum atomic E-state index is -0.324. The number of nitrogens with zero attached hydrogens (tertiary/aromatic N) is 1. The van der Waals surface area contributed by atoms with Crippen LogP contribution in [-0.2, 0) is 6.42 Å². The Bertz CT molecular complexity index is 946. The lowest BCUT2D eigenvalue weighted by Gasteiger charge is -2.16. The van der Waals surface area contributed by atoms with E-state index in [2.05, 4.69) is 21.2 Å². The molecule has 0 saturated heterocycles. The van der Waals surface area contributed by atoms with Crippen molar-refractivity contribution < 1.29 is 18.4 Å². The summed E-state index contributed by atoms with van der Waals surface area (Å²) in [5, 5.41) is 2.80. The highest BCUT2D eigenvalue weighted by Crippen LogP contribution is 2.32. The minimum absolute atomic E-state index is 0.0929. The molecule has 2 amide bonds. The van der Waals surface area contributed by atoms with Crippen LogP contribution in [-0.4, -0.2) is 18.4 Å². The molecule has 3 heterocycles. The molecule has 0 bridgehead atoms. The number of carbonyl (C=O) groups is 2. The molecule has 7 heteroatoms. The average Bonchev–Trinajstić information content (AvgIpc) is 3.34. The van der Waals surface area contributed by atoms with Crippen molar-refractivity contribution in [2.45, 2.75) is 6.42 Å². The zero-order chi connectivity index (χ0) is 17.4. The molecule has 1 N–H and O–H groups in total. The molecule has 4 rings (SSSR count). The first-order valence-electron chi connectivity index (χ1n) is 7.65. The van der Waals surface area contributed by atoms with Crippen molar-refractivity contribution in [1.82, 2.24) is 0 Å². The normalized spacial score (nSPS) is 12.9. The zero-order valence-corrected chi connectivity index (χ0v) is 14.6. The van der Waals surface area contributed by atoms with E-state index in [0.717, 1.165) is 17.7 Å². The third kappa shape index (κ3) is 2.98. The largest absolute Gasteiger partial charge is 0.472 e. The molecular weight excluding hydrogens is 388 g/mol. The van der Waals surface area contributed by atoms with Gasteiger partial charge in [-0.05, 0) is 64.3 Å². The Hall–Kier alpha value is -2.80. The molecule has 1 aliphatic rings. The van der Waals surface area contributed by atoms with Gasteiger partial charge in [0.15, 0.2) is 10.4 Å². The molecule has 1 aliphatic heterocycles. The maximum absolute atomic E-state index is 12.5. The molecule has 1 aromatic carbocycles. The highest BCUT2D eigenvalue weighted by molar-refractivity contribution is 9.10. The molecule has 6 nitrogen and oxygen atoms in total. The number of anilines is 2. The molecule has 0 fully saturated rings. The van der Waals surface area contributed by atoms with Gasteiger partial charge < -0.3 is 19.1 Å². The Morgan fingerprint density at radius 2 is 2.04 bits per heavy atom. The summed E-state index contributed by atoms with van der Waals surface area (Å²) in [4.78, 5) is 26.4. The van der Waals surface area contributed by atoms with Crippen molar-refractivity contribution >= 4 is 39.1 Å². The minimum Gasteiger partial charge on any atom is -0.472 e. The van der Waals surface area contributed by atoms with E-state index in [9.17, 15) is 9.59 Å². The van der Waals surface area contributed by atoms with E-state index in [1.54, 1.807) is 29.2 Å². The molecule has 0 spiro atoms. The molecule has 0 radical (unpaired) electrons. The number of nitrogens with one attached hydrogen (secondary N) is 1. The van der Waals surface area contributed by atoms with Gasteiger partial charge in [0, 0.05) is 17.9 Å². The first-order chi connectivity index (χ1) is 12.1. The molecule has 0 saturated carbocycles. The van der Waals surface area contributed by atoms with Gasteiger partial charge >= 0.3 is 0 Å². The Morgan fingerprint density at radius 1 is 1.16 bits per heavy atom. The highest BCUT2D eigenvalue weighted by Gasteiger charge is 2.26. The number of rotatable bonds is 3. The van der Waals surface area contributed by atoms with Gasteiger partial charge in [-0.1, -0.05) is 0 Å². The van der Waals surface area contributed by atoms with E-state index in [-0.39, 0.29) is 17.6 Å². The Balaban J connectivity index is 1.53. The van der Waals surface area contributed by atoms with E-state index in [0.29, 0.717) is 22.5 Å².